The Morgan fingerprint density at radius 3 is 2.94 bits per heavy atom. The maximum absolute atomic E-state index is 11.8. The number of carbonyl (C=O) groups excluding carboxylic acids is 1. The third kappa shape index (κ3) is 2.66. The molecule has 1 heterocycles. The Morgan fingerprint density at radius 1 is 1.71 bits per heavy atom. The number of aromatic nitrogens is 1. The maximum atomic E-state index is 11.8. The van der Waals surface area contributed by atoms with Gasteiger partial charge in [-0.3, -0.25) is 4.79 Å². The van der Waals surface area contributed by atoms with Gasteiger partial charge in [-0.1, -0.05) is 6.92 Å². The smallest absolute Gasteiger partial charge is 0.252 e. The second-order valence-electron chi connectivity index (χ2n) is 4.69. The predicted octanol–water partition coefficient (Wildman–Crippen LogP) is 1.01. The minimum Gasteiger partial charge on any atom is -0.449 e. The predicted molar refractivity (Wildman–Crippen MR) is 61.1 cm³/mol. The van der Waals surface area contributed by atoms with Crippen LogP contribution in [0.1, 0.15) is 38.3 Å². The summed E-state index contributed by atoms with van der Waals surface area (Å²) in [4.78, 5) is 16.0. The van der Waals surface area contributed by atoms with Crippen LogP contribution in [0.2, 0.25) is 0 Å². The van der Waals surface area contributed by atoms with Gasteiger partial charge in [0, 0.05) is 6.42 Å². The SMILES string of the molecule is CCc1nc(CNC(=O)C(C)(O)C2CC2)co1. The number of nitrogens with zero attached hydrogens (tertiary/aromatic N) is 1. The lowest BCUT2D eigenvalue weighted by molar-refractivity contribution is -0.140. The lowest BCUT2D eigenvalue weighted by atomic mass is 10.00. The van der Waals surface area contributed by atoms with Crippen LogP contribution in [0, 0.1) is 5.92 Å². The zero-order chi connectivity index (χ0) is 12.5. The highest BCUT2D eigenvalue weighted by Gasteiger charge is 2.45. The van der Waals surface area contributed by atoms with Crippen LogP contribution >= 0.6 is 0 Å². The van der Waals surface area contributed by atoms with E-state index in [-0.39, 0.29) is 11.8 Å². The van der Waals surface area contributed by atoms with Gasteiger partial charge in [0.25, 0.3) is 5.91 Å². The fraction of sp³-hybridized carbons (Fsp3) is 0.667. The average molecular weight is 238 g/mol. The molecule has 1 atom stereocenters. The second kappa shape index (κ2) is 4.49. The number of oxazole rings is 1. The Balaban J connectivity index is 1.87. The van der Waals surface area contributed by atoms with Crippen LogP contribution < -0.4 is 5.32 Å². The van der Waals surface area contributed by atoms with Gasteiger partial charge in [0.2, 0.25) is 0 Å². The minimum atomic E-state index is -1.25. The van der Waals surface area contributed by atoms with E-state index in [1.54, 1.807) is 6.92 Å². The number of carbonyl (C=O) groups is 1. The molecule has 1 amide bonds. The molecule has 5 heteroatoms. The lowest BCUT2D eigenvalue weighted by Crippen LogP contribution is -2.45. The summed E-state index contributed by atoms with van der Waals surface area (Å²) in [5, 5.41) is 12.7. The topological polar surface area (TPSA) is 75.4 Å². The molecule has 5 nitrogen and oxygen atoms in total. The molecule has 2 rings (SSSR count). The number of hydrogen-bond acceptors (Lipinski definition) is 4. The molecule has 0 radical (unpaired) electrons. The summed E-state index contributed by atoms with van der Waals surface area (Å²) in [5.74, 6) is 0.426. The Bertz CT molecular complexity index is 408. The zero-order valence-corrected chi connectivity index (χ0v) is 10.2. The summed E-state index contributed by atoms with van der Waals surface area (Å²) in [6, 6.07) is 0. The van der Waals surface area contributed by atoms with Gasteiger partial charge in [0.05, 0.1) is 12.2 Å². The molecule has 1 saturated carbocycles. The largest absolute Gasteiger partial charge is 0.449 e. The van der Waals surface area contributed by atoms with Gasteiger partial charge in [-0.25, -0.2) is 4.98 Å². The first kappa shape index (κ1) is 12.1. The van der Waals surface area contributed by atoms with Crippen molar-refractivity contribution >= 4 is 5.91 Å². The molecule has 1 fully saturated rings. The van der Waals surface area contributed by atoms with Crippen LogP contribution in [0.5, 0.6) is 0 Å². The summed E-state index contributed by atoms with van der Waals surface area (Å²) in [7, 11) is 0. The molecule has 1 unspecified atom stereocenters. The van der Waals surface area contributed by atoms with Gasteiger partial charge < -0.3 is 14.8 Å². The van der Waals surface area contributed by atoms with Crippen LogP contribution in [0.3, 0.4) is 0 Å². The van der Waals surface area contributed by atoms with Crippen molar-refractivity contribution in [3.05, 3.63) is 17.8 Å². The van der Waals surface area contributed by atoms with Gasteiger partial charge in [-0.2, -0.15) is 0 Å². The fourth-order valence-electron chi connectivity index (χ4n) is 1.77. The number of rotatable bonds is 5. The van der Waals surface area contributed by atoms with E-state index in [0.29, 0.717) is 18.1 Å². The number of aryl methyl sites for hydroxylation is 1. The van der Waals surface area contributed by atoms with E-state index in [1.807, 2.05) is 6.92 Å². The van der Waals surface area contributed by atoms with Crippen LogP contribution in [-0.2, 0) is 17.8 Å². The zero-order valence-electron chi connectivity index (χ0n) is 10.2. The Labute approximate surface area is 100 Å². The van der Waals surface area contributed by atoms with Crippen molar-refractivity contribution in [1.82, 2.24) is 10.3 Å². The summed E-state index contributed by atoms with van der Waals surface area (Å²) in [6.45, 7) is 3.82. The van der Waals surface area contributed by atoms with E-state index in [9.17, 15) is 9.90 Å². The molecule has 94 valence electrons. The molecule has 1 aliphatic carbocycles. The normalized spacial score (nSPS) is 18.8. The Kier molecular flexibility index (Phi) is 3.19. The van der Waals surface area contributed by atoms with Crippen LogP contribution in [0.25, 0.3) is 0 Å². The van der Waals surface area contributed by atoms with E-state index < -0.39 is 5.60 Å². The minimum absolute atomic E-state index is 0.103. The second-order valence-corrected chi connectivity index (χ2v) is 4.69. The molecule has 0 bridgehead atoms. The summed E-state index contributed by atoms with van der Waals surface area (Å²) in [6.07, 6.45) is 4.10. The molecule has 0 aliphatic heterocycles. The van der Waals surface area contributed by atoms with Gasteiger partial charge in [0.15, 0.2) is 5.89 Å². The number of aliphatic hydroxyl groups is 1. The van der Waals surface area contributed by atoms with Gasteiger partial charge >= 0.3 is 0 Å². The highest BCUT2D eigenvalue weighted by molar-refractivity contribution is 5.85. The highest BCUT2D eigenvalue weighted by Crippen LogP contribution is 2.39. The fourth-order valence-corrected chi connectivity index (χ4v) is 1.77. The first-order valence-corrected chi connectivity index (χ1v) is 5.98. The molecule has 1 aliphatic rings. The maximum Gasteiger partial charge on any atom is 0.252 e. The van der Waals surface area contributed by atoms with E-state index >= 15 is 0 Å². The third-order valence-electron chi connectivity index (χ3n) is 3.16. The first-order valence-electron chi connectivity index (χ1n) is 5.98. The first-order chi connectivity index (χ1) is 8.04. The van der Waals surface area contributed by atoms with E-state index in [0.717, 1.165) is 19.3 Å². The number of nitrogens with one attached hydrogen (secondary N) is 1. The van der Waals surface area contributed by atoms with Crippen molar-refractivity contribution < 1.29 is 14.3 Å². The van der Waals surface area contributed by atoms with Crippen molar-refractivity contribution in [2.75, 3.05) is 0 Å². The summed E-state index contributed by atoms with van der Waals surface area (Å²) in [5.41, 5.74) is -0.570. The van der Waals surface area contributed by atoms with Crippen LogP contribution in [0.4, 0.5) is 0 Å². The number of hydrogen-bond donors (Lipinski definition) is 2. The molecular formula is C12H18N2O3. The van der Waals surface area contributed by atoms with E-state index in [1.165, 1.54) is 6.26 Å². The Morgan fingerprint density at radius 2 is 2.41 bits per heavy atom. The average Bonchev–Trinajstić information content (AvgIpc) is 3.07. The van der Waals surface area contributed by atoms with Crippen molar-refractivity contribution in [2.24, 2.45) is 5.92 Å². The molecule has 1 aromatic heterocycles. The summed E-state index contributed by atoms with van der Waals surface area (Å²) >= 11 is 0. The quantitative estimate of drug-likeness (QED) is 0.803. The van der Waals surface area contributed by atoms with Gasteiger partial charge in [-0.05, 0) is 25.7 Å². The molecule has 17 heavy (non-hydrogen) atoms. The molecule has 1 aromatic rings. The highest BCUT2D eigenvalue weighted by atomic mass is 16.3. The molecule has 0 saturated heterocycles. The molecule has 2 N–H and O–H groups in total. The number of amides is 1. The molecular weight excluding hydrogens is 220 g/mol. The van der Waals surface area contributed by atoms with Crippen LogP contribution in [0.15, 0.2) is 10.7 Å². The van der Waals surface area contributed by atoms with Crippen LogP contribution in [-0.4, -0.2) is 21.6 Å². The van der Waals surface area contributed by atoms with Gasteiger partial charge in [0.1, 0.15) is 11.9 Å². The van der Waals surface area contributed by atoms with Crippen molar-refractivity contribution in [3.8, 4) is 0 Å². The Hall–Kier alpha value is -1.36. The van der Waals surface area contributed by atoms with E-state index in [2.05, 4.69) is 10.3 Å². The lowest BCUT2D eigenvalue weighted by Gasteiger charge is -2.21. The van der Waals surface area contributed by atoms with Crippen molar-refractivity contribution in [3.63, 3.8) is 0 Å². The molecule has 0 spiro atoms. The monoisotopic (exact) mass is 238 g/mol. The summed E-state index contributed by atoms with van der Waals surface area (Å²) < 4.78 is 5.17. The molecule has 0 aromatic carbocycles. The van der Waals surface area contributed by atoms with Crippen molar-refractivity contribution in [2.45, 2.75) is 45.3 Å². The van der Waals surface area contributed by atoms with Crippen molar-refractivity contribution in [1.29, 1.82) is 0 Å². The van der Waals surface area contributed by atoms with Gasteiger partial charge in [-0.15, -0.1) is 0 Å². The van der Waals surface area contributed by atoms with E-state index in [4.69, 9.17) is 4.42 Å². The third-order valence-corrected chi connectivity index (χ3v) is 3.16. The standard InChI is InChI=1S/C12H18N2O3/c1-3-10-14-9(7-17-10)6-13-11(15)12(2,16)8-4-5-8/h7-8,16H,3-6H2,1-2H3,(H,13,15).